The molecular formula is C26H26FN3O. The molecule has 0 bridgehead atoms. The lowest BCUT2D eigenvalue weighted by atomic mass is 9.94. The van der Waals surface area contributed by atoms with E-state index in [2.05, 4.69) is 34.1 Å². The Hall–Kier alpha value is -3.05. The summed E-state index contributed by atoms with van der Waals surface area (Å²) in [6, 6.07) is 17.7. The first-order valence-electron chi connectivity index (χ1n) is 11.0. The summed E-state index contributed by atoms with van der Waals surface area (Å²) < 4.78 is 13.1. The Bertz CT molecular complexity index is 1100. The Labute approximate surface area is 182 Å². The standard InChI is InChI=1S/C26H26FN3O/c27-25-9-7-22(17-28-25)20-6-8-24-21(16-20)11-15-30(26(24)31)13-3-12-29-14-10-19-4-1-2-5-23(19)18-29/h1-2,4-9,16-17H,3,10-15,18H2. The molecule has 0 N–H and O–H groups in total. The number of hydrogen-bond donors (Lipinski definition) is 0. The minimum Gasteiger partial charge on any atom is -0.338 e. The van der Waals surface area contributed by atoms with E-state index < -0.39 is 5.95 Å². The highest BCUT2D eigenvalue weighted by Crippen LogP contribution is 2.26. The van der Waals surface area contributed by atoms with Crippen molar-refractivity contribution in [2.24, 2.45) is 0 Å². The zero-order chi connectivity index (χ0) is 21.2. The van der Waals surface area contributed by atoms with Crippen molar-refractivity contribution in [3.8, 4) is 11.1 Å². The Morgan fingerprint density at radius 1 is 0.871 bits per heavy atom. The first-order valence-corrected chi connectivity index (χ1v) is 11.0. The zero-order valence-corrected chi connectivity index (χ0v) is 17.6. The first kappa shape index (κ1) is 19.9. The summed E-state index contributed by atoms with van der Waals surface area (Å²) in [6.07, 6.45) is 4.48. The van der Waals surface area contributed by atoms with Gasteiger partial charge in [-0.25, -0.2) is 4.98 Å². The maximum absolute atomic E-state index is 13.1. The van der Waals surface area contributed by atoms with Gasteiger partial charge in [0.2, 0.25) is 5.95 Å². The van der Waals surface area contributed by atoms with Crippen LogP contribution in [0.3, 0.4) is 0 Å². The highest BCUT2D eigenvalue weighted by molar-refractivity contribution is 5.97. The Morgan fingerprint density at radius 2 is 1.68 bits per heavy atom. The average Bonchev–Trinajstić information content (AvgIpc) is 2.81. The number of fused-ring (bicyclic) bond motifs is 2. The third-order valence-corrected chi connectivity index (χ3v) is 6.45. The number of carbonyl (C=O) groups is 1. The highest BCUT2D eigenvalue weighted by Gasteiger charge is 2.24. The summed E-state index contributed by atoms with van der Waals surface area (Å²) in [4.78, 5) is 21.2. The number of benzene rings is 2. The molecule has 31 heavy (non-hydrogen) atoms. The van der Waals surface area contributed by atoms with Gasteiger partial charge >= 0.3 is 0 Å². The minimum absolute atomic E-state index is 0.119. The summed E-state index contributed by atoms with van der Waals surface area (Å²) in [5, 5.41) is 0. The van der Waals surface area contributed by atoms with Crippen LogP contribution in [-0.4, -0.2) is 46.9 Å². The van der Waals surface area contributed by atoms with Gasteiger partial charge in [0.1, 0.15) is 0 Å². The summed E-state index contributed by atoms with van der Waals surface area (Å²) in [7, 11) is 0. The van der Waals surface area contributed by atoms with Crippen LogP contribution in [0.4, 0.5) is 4.39 Å². The summed E-state index contributed by atoms with van der Waals surface area (Å²) in [5.74, 6) is -0.365. The van der Waals surface area contributed by atoms with Crippen LogP contribution in [0, 0.1) is 5.95 Å². The van der Waals surface area contributed by atoms with E-state index in [1.807, 2.05) is 23.1 Å². The van der Waals surface area contributed by atoms with E-state index >= 15 is 0 Å². The van der Waals surface area contributed by atoms with Crippen LogP contribution in [0.1, 0.15) is 33.5 Å². The third kappa shape index (κ3) is 4.23. The largest absolute Gasteiger partial charge is 0.338 e. The molecule has 0 radical (unpaired) electrons. The molecule has 3 heterocycles. The summed E-state index contributed by atoms with van der Waals surface area (Å²) in [5.41, 5.74) is 6.59. The van der Waals surface area contributed by atoms with Gasteiger partial charge in [0, 0.05) is 50.0 Å². The molecule has 1 aromatic heterocycles. The van der Waals surface area contributed by atoms with Crippen molar-refractivity contribution in [1.29, 1.82) is 0 Å². The maximum atomic E-state index is 13.1. The van der Waals surface area contributed by atoms with E-state index in [0.29, 0.717) is 0 Å². The zero-order valence-electron chi connectivity index (χ0n) is 17.6. The highest BCUT2D eigenvalue weighted by atomic mass is 19.1. The second kappa shape index (κ2) is 8.60. The summed E-state index contributed by atoms with van der Waals surface area (Å²) >= 11 is 0. The van der Waals surface area contributed by atoms with Crippen molar-refractivity contribution in [2.45, 2.75) is 25.8 Å². The quantitative estimate of drug-likeness (QED) is 0.582. The summed E-state index contributed by atoms with van der Waals surface area (Å²) in [6.45, 7) is 4.66. The van der Waals surface area contributed by atoms with Gasteiger partial charge in [-0.2, -0.15) is 4.39 Å². The molecule has 0 saturated carbocycles. The number of aromatic nitrogens is 1. The molecular weight excluding hydrogens is 389 g/mol. The number of halogens is 1. The third-order valence-electron chi connectivity index (χ3n) is 6.45. The van der Waals surface area contributed by atoms with Crippen LogP contribution in [0.2, 0.25) is 0 Å². The Kier molecular flexibility index (Phi) is 5.51. The molecule has 0 unspecified atom stereocenters. The topological polar surface area (TPSA) is 36.4 Å². The van der Waals surface area contributed by atoms with E-state index in [9.17, 15) is 9.18 Å². The van der Waals surface area contributed by atoms with Gasteiger partial charge in [-0.05, 0) is 59.7 Å². The molecule has 0 fully saturated rings. The maximum Gasteiger partial charge on any atom is 0.254 e. The molecule has 2 aromatic carbocycles. The number of nitrogens with zero attached hydrogens (tertiary/aromatic N) is 3. The fraction of sp³-hybridized carbons (Fsp3) is 0.308. The van der Waals surface area contributed by atoms with Crippen molar-refractivity contribution >= 4 is 5.91 Å². The number of hydrogen-bond acceptors (Lipinski definition) is 3. The van der Waals surface area contributed by atoms with Crippen molar-refractivity contribution in [1.82, 2.24) is 14.8 Å². The van der Waals surface area contributed by atoms with E-state index in [-0.39, 0.29) is 5.91 Å². The van der Waals surface area contributed by atoms with E-state index in [1.54, 1.807) is 6.07 Å². The predicted molar refractivity (Wildman–Crippen MR) is 119 cm³/mol. The van der Waals surface area contributed by atoms with Crippen LogP contribution < -0.4 is 0 Å². The molecule has 4 nitrogen and oxygen atoms in total. The fourth-order valence-corrected chi connectivity index (χ4v) is 4.71. The molecule has 0 spiro atoms. The van der Waals surface area contributed by atoms with Crippen LogP contribution in [0.25, 0.3) is 11.1 Å². The lowest BCUT2D eigenvalue weighted by Gasteiger charge is -2.31. The van der Waals surface area contributed by atoms with Crippen molar-refractivity contribution in [3.63, 3.8) is 0 Å². The first-order chi connectivity index (χ1) is 15.2. The van der Waals surface area contributed by atoms with Crippen molar-refractivity contribution in [2.75, 3.05) is 26.2 Å². The lowest BCUT2D eigenvalue weighted by Crippen LogP contribution is -2.40. The van der Waals surface area contributed by atoms with Crippen molar-refractivity contribution < 1.29 is 9.18 Å². The molecule has 0 atom stereocenters. The van der Waals surface area contributed by atoms with E-state index in [0.717, 1.165) is 74.2 Å². The van der Waals surface area contributed by atoms with Gasteiger partial charge in [-0.15, -0.1) is 0 Å². The van der Waals surface area contributed by atoms with Gasteiger partial charge in [0.15, 0.2) is 0 Å². The predicted octanol–water partition coefficient (Wildman–Crippen LogP) is 4.33. The molecule has 5 heteroatoms. The number of pyridine rings is 1. The van der Waals surface area contributed by atoms with Gasteiger partial charge in [0.25, 0.3) is 5.91 Å². The molecule has 1 amide bonds. The smallest absolute Gasteiger partial charge is 0.254 e. The normalized spacial score (nSPS) is 16.2. The number of carbonyl (C=O) groups excluding carboxylic acids is 1. The number of rotatable bonds is 5. The van der Waals surface area contributed by atoms with Crippen molar-refractivity contribution in [3.05, 3.63) is 89.0 Å². The Balaban J connectivity index is 1.19. The number of amides is 1. The molecule has 158 valence electrons. The van der Waals surface area contributed by atoms with E-state index in [1.165, 1.54) is 23.4 Å². The fourth-order valence-electron chi connectivity index (χ4n) is 4.71. The second-order valence-corrected chi connectivity index (χ2v) is 8.43. The van der Waals surface area contributed by atoms with Crippen LogP contribution in [0.5, 0.6) is 0 Å². The molecule has 2 aliphatic heterocycles. The Morgan fingerprint density at radius 3 is 2.52 bits per heavy atom. The average molecular weight is 416 g/mol. The molecule has 0 aliphatic carbocycles. The SMILES string of the molecule is O=C1c2ccc(-c3ccc(F)nc3)cc2CCN1CCCN1CCc2ccccc2C1. The van der Waals surface area contributed by atoms with Gasteiger partial charge in [-0.3, -0.25) is 9.69 Å². The van der Waals surface area contributed by atoms with Gasteiger partial charge in [0.05, 0.1) is 0 Å². The molecule has 2 aliphatic rings. The van der Waals surface area contributed by atoms with Crippen LogP contribution >= 0.6 is 0 Å². The molecule has 5 rings (SSSR count). The van der Waals surface area contributed by atoms with Crippen LogP contribution in [0.15, 0.2) is 60.8 Å². The van der Waals surface area contributed by atoms with Gasteiger partial charge < -0.3 is 4.90 Å². The minimum atomic E-state index is -0.485. The molecule has 3 aromatic rings. The van der Waals surface area contributed by atoms with Crippen LogP contribution in [-0.2, 0) is 19.4 Å². The monoisotopic (exact) mass is 415 g/mol. The lowest BCUT2D eigenvalue weighted by molar-refractivity contribution is 0.0730. The van der Waals surface area contributed by atoms with E-state index in [4.69, 9.17) is 0 Å². The molecule has 0 saturated heterocycles. The van der Waals surface area contributed by atoms with Gasteiger partial charge in [-0.1, -0.05) is 36.4 Å². The second-order valence-electron chi connectivity index (χ2n) is 8.43.